The van der Waals surface area contributed by atoms with E-state index in [1.807, 2.05) is 0 Å². The number of rotatable bonds is 5. The van der Waals surface area contributed by atoms with E-state index in [0.717, 1.165) is 5.56 Å². The summed E-state index contributed by atoms with van der Waals surface area (Å²) in [5.41, 5.74) is 0.529. The zero-order valence-electron chi connectivity index (χ0n) is 19.9. The molecule has 0 N–H and O–H groups in total. The van der Waals surface area contributed by atoms with Crippen LogP contribution in [-0.2, 0) is 20.4 Å². The molecular formula is C24H23F4N5O4. The third-order valence-corrected chi connectivity index (χ3v) is 7.19. The van der Waals surface area contributed by atoms with Crippen molar-refractivity contribution in [3.05, 3.63) is 59.4 Å². The van der Waals surface area contributed by atoms with E-state index in [0.29, 0.717) is 29.6 Å². The number of carbonyl (C=O) groups excluding carboxylic acids is 1. The van der Waals surface area contributed by atoms with E-state index in [9.17, 15) is 22.4 Å². The van der Waals surface area contributed by atoms with Crippen LogP contribution < -0.4 is 4.74 Å². The molecule has 1 aromatic carbocycles. The van der Waals surface area contributed by atoms with Crippen molar-refractivity contribution in [3.8, 4) is 11.4 Å². The molecule has 9 nitrogen and oxygen atoms in total. The zero-order chi connectivity index (χ0) is 26.4. The smallest absolute Gasteiger partial charge is 0.453 e. The Bertz CT molecular complexity index is 1300. The lowest BCUT2D eigenvalue weighted by Gasteiger charge is -2.33. The van der Waals surface area contributed by atoms with Gasteiger partial charge in [-0.25, -0.2) is 4.39 Å². The molecule has 37 heavy (non-hydrogen) atoms. The van der Waals surface area contributed by atoms with Crippen LogP contribution in [0.2, 0.25) is 0 Å². The number of methoxy groups -OCH3 is 2. The SMILES string of the molecule is COC(=O)C1CCC2(CC(c3ncc(-n4nnnc4C(F)(F)F)cc3OC)CO2)C1c1ccc(F)cc1. The number of esters is 1. The van der Waals surface area contributed by atoms with Crippen molar-refractivity contribution in [2.75, 3.05) is 20.8 Å². The van der Waals surface area contributed by atoms with Gasteiger partial charge in [-0.15, -0.1) is 5.10 Å². The number of benzene rings is 1. The van der Waals surface area contributed by atoms with Gasteiger partial charge in [0.2, 0.25) is 0 Å². The highest BCUT2D eigenvalue weighted by atomic mass is 19.4. The zero-order valence-corrected chi connectivity index (χ0v) is 19.9. The molecule has 4 atom stereocenters. The first kappa shape index (κ1) is 25.1. The van der Waals surface area contributed by atoms with Gasteiger partial charge in [0.25, 0.3) is 5.82 Å². The molecule has 13 heteroatoms. The number of carbonyl (C=O) groups is 1. The first-order chi connectivity index (χ1) is 17.7. The minimum absolute atomic E-state index is 0.0117. The highest BCUT2D eigenvalue weighted by molar-refractivity contribution is 5.74. The van der Waals surface area contributed by atoms with Gasteiger partial charge in [0.15, 0.2) is 0 Å². The van der Waals surface area contributed by atoms with E-state index in [1.165, 1.54) is 38.6 Å². The fraction of sp³-hybridized carbons (Fsp3) is 0.458. The number of halogens is 4. The fourth-order valence-corrected chi connectivity index (χ4v) is 5.64. The average Bonchev–Trinajstić information content (AvgIpc) is 3.63. The van der Waals surface area contributed by atoms with Gasteiger partial charge in [0.1, 0.15) is 11.6 Å². The molecule has 4 unspecified atom stereocenters. The molecule has 2 aliphatic rings. The van der Waals surface area contributed by atoms with Crippen molar-refractivity contribution in [2.45, 2.75) is 42.9 Å². The minimum Gasteiger partial charge on any atom is -0.495 e. The van der Waals surface area contributed by atoms with Crippen LogP contribution in [0.5, 0.6) is 5.75 Å². The lowest BCUT2D eigenvalue weighted by Crippen LogP contribution is -2.35. The van der Waals surface area contributed by atoms with Crippen LogP contribution in [0.4, 0.5) is 17.6 Å². The summed E-state index contributed by atoms with van der Waals surface area (Å²) in [5, 5.41) is 9.64. The lowest BCUT2D eigenvalue weighted by molar-refractivity contribution is -0.147. The van der Waals surface area contributed by atoms with Gasteiger partial charge < -0.3 is 14.2 Å². The fourth-order valence-electron chi connectivity index (χ4n) is 5.64. The van der Waals surface area contributed by atoms with Crippen molar-refractivity contribution in [1.29, 1.82) is 0 Å². The van der Waals surface area contributed by atoms with Crippen molar-refractivity contribution < 1.29 is 36.6 Å². The maximum Gasteiger partial charge on any atom is 0.453 e. The van der Waals surface area contributed by atoms with E-state index >= 15 is 0 Å². The summed E-state index contributed by atoms with van der Waals surface area (Å²) >= 11 is 0. The second-order valence-electron chi connectivity index (χ2n) is 9.17. The standard InChI is InChI=1S/C24H23F4N5O4/c1-35-18-9-16(33-22(24(26,27)28)30-31-32-33)11-29-20(18)14-10-23(37-12-14)8-7-17(21(34)36-2)19(23)13-3-5-15(25)6-4-13/h3-6,9,11,14,17,19H,7-8,10,12H2,1-2H3. The summed E-state index contributed by atoms with van der Waals surface area (Å²) in [4.78, 5) is 17.0. The third-order valence-electron chi connectivity index (χ3n) is 7.19. The Morgan fingerprint density at radius 3 is 2.65 bits per heavy atom. The maximum absolute atomic E-state index is 13.6. The Morgan fingerprint density at radius 1 is 1.22 bits per heavy atom. The molecule has 1 saturated carbocycles. The van der Waals surface area contributed by atoms with E-state index in [4.69, 9.17) is 14.2 Å². The summed E-state index contributed by atoms with van der Waals surface area (Å²) in [6, 6.07) is 7.39. The highest BCUT2D eigenvalue weighted by Gasteiger charge is 2.57. The van der Waals surface area contributed by atoms with Crippen LogP contribution >= 0.6 is 0 Å². The number of aromatic nitrogens is 5. The number of alkyl halides is 3. The second-order valence-corrected chi connectivity index (χ2v) is 9.17. The van der Waals surface area contributed by atoms with Gasteiger partial charge in [-0.05, 0) is 47.4 Å². The predicted octanol–water partition coefficient (Wildman–Crippen LogP) is 3.83. The van der Waals surface area contributed by atoms with Gasteiger partial charge in [-0.3, -0.25) is 9.78 Å². The van der Waals surface area contributed by atoms with Crippen LogP contribution in [0.25, 0.3) is 5.69 Å². The molecule has 0 radical (unpaired) electrons. The van der Waals surface area contributed by atoms with Crippen LogP contribution in [0.1, 0.15) is 48.2 Å². The summed E-state index contributed by atoms with van der Waals surface area (Å²) in [6.45, 7) is 0.257. The van der Waals surface area contributed by atoms with Crippen molar-refractivity contribution in [1.82, 2.24) is 25.2 Å². The van der Waals surface area contributed by atoms with E-state index in [-0.39, 0.29) is 41.7 Å². The van der Waals surface area contributed by atoms with Crippen molar-refractivity contribution >= 4 is 5.97 Å². The molecule has 1 saturated heterocycles. The topological polar surface area (TPSA) is 101 Å². The van der Waals surface area contributed by atoms with Crippen LogP contribution in [-0.4, -0.2) is 57.6 Å². The van der Waals surface area contributed by atoms with Crippen molar-refractivity contribution in [2.24, 2.45) is 5.92 Å². The number of hydrogen-bond acceptors (Lipinski definition) is 8. The van der Waals surface area contributed by atoms with E-state index in [1.54, 1.807) is 12.1 Å². The third kappa shape index (κ3) is 4.41. The second kappa shape index (κ2) is 9.36. The molecular weight excluding hydrogens is 498 g/mol. The monoisotopic (exact) mass is 521 g/mol. The molecule has 0 amide bonds. The Balaban J connectivity index is 1.47. The van der Waals surface area contributed by atoms with Crippen LogP contribution in [0, 0.1) is 11.7 Å². The lowest BCUT2D eigenvalue weighted by atomic mass is 9.76. The van der Waals surface area contributed by atoms with Crippen LogP contribution in [0.3, 0.4) is 0 Å². The number of tetrazole rings is 1. The predicted molar refractivity (Wildman–Crippen MR) is 118 cm³/mol. The molecule has 1 spiro atoms. The number of nitrogens with zero attached hydrogens (tertiary/aromatic N) is 5. The van der Waals surface area contributed by atoms with Gasteiger partial charge in [-0.2, -0.15) is 17.9 Å². The molecule has 2 fully saturated rings. The van der Waals surface area contributed by atoms with Gasteiger partial charge in [0, 0.05) is 17.9 Å². The van der Waals surface area contributed by atoms with Crippen molar-refractivity contribution in [3.63, 3.8) is 0 Å². The normalized spacial score (nSPS) is 25.5. The first-order valence-electron chi connectivity index (χ1n) is 11.5. The molecule has 196 valence electrons. The molecule has 1 aliphatic heterocycles. The largest absolute Gasteiger partial charge is 0.495 e. The first-order valence-corrected chi connectivity index (χ1v) is 11.5. The summed E-state index contributed by atoms with van der Waals surface area (Å²) in [5.74, 6) is -2.87. The summed E-state index contributed by atoms with van der Waals surface area (Å²) in [7, 11) is 2.73. The number of pyridine rings is 1. The van der Waals surface area contributed by atoms with Gasteiger partial charge >= 0.3 is 12.1 Å². The molecule has 1 aliphatic carbocycles. The Morgan fingerprint density at radius 2 is 1.97 bits per heavy atom. The molecule has 0 bridgehead atoms. The maximum atomic E-state index is 13.6. The molecule has 5 rings (SSSR count). The van der Waals surface area contributed by atoms with Gasteiger partial charge in [-0.1, -0.05) is 12.1 Å². The molecule has 3 aromatic rings. The molecule has 3 heterocycles. The number of hydrogen-bond donors (Lipinski definition) is 0. The average molecular weight is 521 g/mol. The number of ether oxygens (including phenoxy) is 3. The van der Waals surface area contributed by atoms with E-state index in [2.05, 4.69) is 20.5 Å². The Hall–Kier alpha value is -3.61. The Kier molecular flexibility index (Phi) is 6.34. The minimum atomic E-state index is -4.75. The highest BCUT2D eigenvalue weighted by Crippen LogP contribution is 2.57. The quantitative estimate of drug-likeness (QED) is 0.369. The Labute approximate surface area is 208 Å². The summed E-state index contributed by atoms with van der Waals surface area (Å²) < 4.78 is 70.9. The van der Waals surface area contributed by atoms with Gasteiger partial charge in [0.05, 0.1) is 49.9 Å². The molecule has 2 aromatic heterocycles. The summed E-state index contributed by atoms with van der Waals surface area (Å²) in [6.07, 6.45) is -1.92. The van der Waals surface area contributed by atoms with Crippen LogP contribution in [0.15, 0.2) is 36.5 Å². The van der Waals surface area contributed by atoms with E-state index < -0.39 is 23.5 Å².